The molecule has 0 saturated carbocycles. The molecule has 1 saturated heterocycles. The van der Waals surface area contributed by atoms with Gasteiger partial charge in [-0.1, -0.05) is 31.2 Å². The summed E-state index contributed by atoms with van der Waals surface area (Å²) in [6.45, 7) is 3.68. The normalized spacial score (nSPS) is 16.9. The zero-order valence-corrected chi connectivity index (χ0v) is 11.7. The first-order valence-corrected chi connectivity index (χ1v) is 7.94. The summed E-state index contributed by atoms with van der Waals surface area (Å²) < 4.78 is 17.0. The van der Waals surface area contributed by atoms with Gasteiger partial charge in [-0.25, -0.2) is 0 Å². The molecule has 0 atom stereocenters. The molecule has 1 aliphatic rings. The molecule has 1 aromatic rings. The fourth-order valence-corrected chi connectivity index (χ4v) is 5.90. The zero-order chi connectivity index (χ0) is 12.3. The van der Waals surface area contributed by atoms with E-state index in [0.29, 0.717) is 5.54 Å². The molecule has 0 bridgehead atoms. The minimum Gasteiger partial charge on any atom is -0.394 e. The zero-order valence-electron chi connectivity index (χ0n) is 10.7. The van der Waals surface area contributed by atoms with Crippen molar-refractivity contribution in [1.29, 1.82) is 0 Å². The summed E-state index contributed by atoms with van der Waals surface area (Å²) in [6.07, 6.45) is 1.01. The van der Waals surface area contributed by atoms with E-state index in [2.05, 4.69) is 31.2 Å². The van der Waals surface area contributed by atoms with Crippen LogP contribution in [0.15, 0.2) is 24.3 Å². The van der Waals surface area contributed by atoms with Gasteiger partial charge in [0.25, 0.3) is 0 Å². The van der Waals surface area contributed by atoms with Crippen LogP contribution in [0.5, 0.6) is 0 Å². The van der Waals surface area contributed by atoms with Gasteiger partial charge < -0.3 is 13.6 Å². The molecule has 1 heterocycles. The van der Waals surface area contributed by atoms with E-state index in [1.165, 1.54) is 10.8 Å². The average molecular weight is 252 g/mol. The number of aryl methyl sites for hydroxylation is 1. The van der Waals surface area contributed by atoms with Crippen molar-refractivity contribution in [2.45, 2.75) is 18.9 Å². The van der Waals surface area contributed by atoms with E-state index in [4.69, 9.17) is 13.6 Å². The van der Waals surface area contributed by atoms with Crippen LogP contribution < -0.4 is 5.19 Å². The van der Waals surface area contributed by atoms with E-state index in [9.17, 15) is 0 Å². The smallest absolute Gasteiger partial charge is 0.380 e. The van der Waals surface area contributed by atoms with Crippen LogP contribution in [0.4, 0.5) is 0 Å². The molecule has 0 amide bonds. The number of ether oxygens (including phenoxy) is 1. The maximum Gasteiger partial charge on any atom is 0.380 e. The SMILES string of the molecule is CCc1ccccc1[Si](OC)(OC)C1COC1. The maximum absolute atomic E-state index is 5.86. The highest BCUT2D eigenvalue weighted by Crippen LogP contribution is 2.31. The quantitative estimate of drug-likeness (QED) is 0.745. The summed E-state index contributed by atoms with van der Waals surface area (Å²) >= 11 is 0. The van der Waals surface area contributed by atoms with Crippen molar-refractivity contribution in [3.63, 3.8) is 0 Å². The molecule has 0 aliphatic carbocycles. The molecule has 0 radical (unpaired) electrons. The Hall–Kier alpha value is -0.683. The molecule has 17 heavy (non-hydrogen) atoms. The molecule has 3 nitrogen and oxygen atoms in total. The van der Waals surface area contributed by atoms with Crippen molar-refractivity contribution in [2.24, 2.45) is 0 Å². The molecule has 1 fully saturated rings. The molecular formula is C13H20O3Si. The predicted molar refractivity (Wildman–Crippen MR) is 69.8 cm³/mol. The molecule has 94 valence electrons. The Morgan fingerprint density at radius 3 is 2.35 bits per heavy atom. The van der Waals surface area contributed by atoms with Gasteiger partial charge in [-0.2, -0.15) is 0 Å². The van der Waals surface area contributed by atoms with Gasteiger partial charge in [0.1, 0.15) is 0 Å². The summed E-state index contributed by atoms with van der Waals surface area (Å²) in [5.41, 5.74) is 1.74. The van der Waals surface area contributed by atoms with Crippen LogP contribution in [0.25, 0.3) is 0 Å². The van der Waals surface area contributed by atoms with Crippen LogP contribution in [0, 0.1) is 0 Å². The highest BCUT2D eigenvalue weighted by Gasteiger charge is 2.51. The summed E-state index contributed by atoms with van der Waals surface area (Å²) in [5.74, 6) is 0. The predicted octanol–water partition coefficient (Wildman–Crippen LogP) is 1.59. The Morgan fingerprint density at radius 1 is 1.24 bits per heavy atom. The standard InChI is InChI=1S/C13H20O3Si/c1-4-11-7-5-6-8-13(11)17(14-2,15-3)12-9-16-10-12/h5-8,12H,4,9-10H2,1-3H3. The van der Waals surface area contributed by atoms with Crippen molar-refractivity contribution in [1.82, 2.24) is 0 Å². The van der Waals surface area contributed by atoms with Gasteiger partial charge in [0.05, 0.1) is 18.8 Å². The molecule has 0 spiro atoms. The largest absolute Gasteiger partial charge is 0.394 e. The second kappa shape index (κ2) is 5.31. The lowest BCUT2D eigenvalue weighted by Gasteiger charge is -2.40. The number of rotatable bonds is 5. The Morgan fingerprint density at radius 2 is 1.88 bits per heavy atom. The van der Waals surface area contributed by atoms with Gasteiger partial charge in [0.2, 0.25) is 0 Å². The van der Waals surface area contributed by atoms with E-state index in [1.807, 2.05) is 0 Å². The molecule has 0 aromatic heterocycles. The molecule has 1 aliphatic heterocycles. The molecular weight excluding hydrogens is 232 g/mol. The highest BCUT2D eigenvalue weighted by atomic mass is 28.4. The minimum atomic E-state index is -2.33. The van der Waals surface area contributed by atoms with Crippen molar-refractivity contribution >= 4 is 13.7 Å². The summed E-state index contributed by atoms with van der Waals surface area (Å²) in [7, 11) is 1.20. The fraction of sp³-hybridized carbons (Fsp3) is 0.538. The van der Waals surface area contributed by atoms with E-state index in [1.54, 1.807) is 14.2 Å². The monoisotopic (exact) mass is 252 g/mol. The third-order valence-corrected chi connectivity index (χ3v) is 7.42. The van der Waals surface area contributed by atoms with E-state index < -0.39 is 8.56 Å². The second-order valence-corrected chi connectivity index (χ2v) is 7.83. The summed E-state index contributed by atoms with van der Waals surface area (Å²) in [5, 5.41) is 1.26. The van der Waals surface area contributed by atoms with Gasteiger partial charge in [-0.15, -0.1) is 0 Å². The van der Waals surface area contributed by atoms with Crippen LogP contribution in [0.1, 0.15) is 12.5 Å². The van der Waals surface area contributed by atoms with Crippen LogP contribution in [-0.4, -0.2) is 36.0 Å². The van der Waals surface area contributed by atoms with Gasteiger partial charge in [-0.3, -0.25) is 0 Å². The van der Waals surface area contributed by atoms with Crippen molar-refractivity contribution in [3.05, 3.63) is 29.8 Å². The highest BCUT2D eigenvalue weighted by molar-refractivity contribution is 6.83. The molecule has 4 heteroatoms. The first-order valence-electron chi connectivity index (χ1n) is 6.05. The van der Waals surface area contributed by atoms with Crippen molar-refractivity contribution in [3.8, 4) is 0 Å². The Labute approximate surface area is 104 Å². The first kappa shape index (κ1) is 12.8. The molecule has 0 unspecified atom stereocenters. The first-order chi connectivity index (χ1) is 8.28. The van der Waals surface area contributed by atoms with Crippen LogP contribution in [0.3, 0.4) is 0 Å². The Kier molecular flexibility index (Phi) is 3.99. The van der Waals surface area contributed by atoms with Gasteiger partial charge >= 0.3 is 8.56 Å². The van der Waals surface area contributed by atoms with Gasteiger partial charge in [-0.05, 0) is 17.2 Å². The number of hydrogen-bond donors (Lipinski definition) is 0. The second-order valence-electron chi connectivity index (χ2n) is 4.32. The summed E-state index contributed by atoms with van der Waals surface area (Å²) in [6, 6.07) is 8.45. The van der Waals surface area contributed by atoms with Gasteiger partial charge in [0, 0.05) is 14.2 Å². The third-order valence-electron chi connectivity index (χ3n) is 3.56. The molecule has 1 aromatic carbocycles. The fourth-order valence-electron chi connectivity index (χ4n) is 2.48. The lowest BCUT2D eigenvalue weighted by Crippen LogP contribution is -2.62. The third kappa shape index (κ3) is 2.06. The Balaban J connectivity index is 2.44. The number of benzene rings is 1. The van der Waals surface area contributed by atoms with E-state index in [0.717, 1.165) is 19.6 Å². The number of hydrogen-bond acceptors (Lipinski definition) is 3. The molecule has 2 rings (SSSR count). The average Bonchev–Trinajstić information content (AvgIpc) is 2.33. The van der Waals surface area contributed by atoms with E-state index >= 15 is 0 Å². The topological polar surface area (TPSA) is 27.7 Å². The lowest BCUT2D eigenvalue weighted by atomic mass is 10.2. The summed E-state index contributed by atoms with van der Waals surface area (Å²) in [4.78, 5) is 0. The minimum absolute atomic E-state index is 0.408. The van der Waals surface area contributed by atoms with Crippen molar-refractivity contribution < 1.29 is 13.6 Å². The van der Waals surface area contributed by atoms with Crippen LogP contribution in [0.2, 0.25) is 5.54 Å². The lowest BCUT2D eigenvalue weighted by molar-refractivity contribution is 0.0154. The maximum atomic E-state index is 5.86. The Bertz CT molecular complexity index is 373. The van der Waals surface area contributed by atoms with Crippen LogP contribution in [-0.2, 0) is 20.0 Å². The van der Waals surface area contributed by atoms with Crippen LogP contribution >= 0.6 is 0 Å². The molecule has 0 N–H and O–H groups in total. The van der Waals surface area contributed by atoms with Gasteiger partial charge in [0.15, 0.2) is 0 Å². The van der Waals surface area contributed by atoms with E-state index in [-0.39, 0.29) is 0 Å². The van der Waals surface area contributed by atoms with Crippen molar-refractivity contribution in [2.75, 3.05) is 27.4 Å².